The number of rotatable bonds is 8. The number of fused-ring (bicyclic) bond motifs is 1. The van der Waals surface area contributed by atoms with Crippen LogP contribution in [0.1, 0.15) is 23.9 Å². The van der Waals surface area contributed by atoms with Gasteiger partial charge in [-0.1, -0.05) is 17.4 Å². The number of aromatic nitrogens is 1. The van der Waals surface area contributed by atoms with Crippen molar-refractivity contribution < 1.29 is 23.6 Å². The van der Waals surface area contributed by atoms with Gasteiger partial charge in [0.25, 0.3) is 5.91 Å². The molecule has 1 N–H and O–H groups in total. The molecule has 0 saturated carbocycles. The Morgan fingerprint density at radius 1 is 1.28 bits per heavy atom. The molecule has 0 spiro atoms. The zero-order valence-corrected chi connectivity index (χ0v) is 17.4. The average molecular weight is 417 g/mol. The molecule has 0 aliphatic carbocycles. The SMILES string of the molecule is CCOc1cccc2sc(N(CCC[NH+]3CCOCC3)C(=O)c3ccco3)nc12. The van der Waals surface area contributed by atoms with Gasteiger partial charge in [0.05, 0.1) is 37.3 Å². The number of furan rings is 1. The lowest BCUT2D eigenvalue weighted by atomic mass is 10.3. The molecular weight excluding hydrogens is 390 g/mol. The van der Waals surface area contributed by atoms with E-state index in [1.807, 2.05) is 25.1 Å². The predicted octanol–water partition coefficient (Wildman–Crippen LogP) is 2.24. The maximum atomic E-state index is 13.1. The molecular formula is C21H26N3O4S+. The standard InChI is InChI=1S/C21H25N3O4S/c1-2-27-16-6-3-8-18-19(16)22-21(29-18)24(20(25)17-7-4-13-28-17)10-5-9-23-11-14-26-15-12-23/h3-4,6-8,13H,2,5,9-12,14-15H2,1H3/p+1. The second-order valence-corrected chi connectivity index (χ2v) is 7.94. The molecule has 2 aromatic heterocycles. The normalized spacial score (nSPS) is 14.9. The van der Waals surface area contributed by atoms with Crippen molar-refractivity contribution in [2.75, 3.05) is 50.9 Å². The molecule has 1 amide bonds. The molecule has 154 valence electrons. The zero-order valence-electron chi connectivity index (χ0n) is 16.6. The average Bonchev–Trinajstić information content (AvgIpc) is 3.42. The Bertz CT molecular complexity index is 935. The van der Waals surface area contributed by atoms with Crippen LogP contribution in [-0.4, -0.2) is 56.9 Å². The first-order valence-corrected chi connectivity index (χ1v) is 10.9. The number of anilines is 1. The fourth-order valence-electron chi connectivity index (χ4n) is 3.51. The molecule has 7 nitrogen and oxygen atoms in total. The molecule has 0 bridgehead atoms. The monoisotopic (exact) mass is 416 g/mol. The van der Waals surface area contributed by atoms with Crippen LogP contribution in [0.15, 0.2) is 41.0 Å². The molecule has 3 heterocycles. The van der Waals surface area contributed by atoms with Crippen molar-refractivity contribution in [3.63, 3.8) is 0 Å². The van der Waals surface area contributed by atoms with Gasteiger partial charge < -0.3 is 18.8 Å². The first-order valence-electron chi connectivity index (χ1n) is 10.1. The summed E-state index contributed by atoms with van der Waals surface area (Å²) in [6, 6.07) is 9.30. The Balaban J connectivity index is 1.56. The molecule has 0 atom stereocenters. The van der Waals surface area contributed by atoms with Crippen LogP contribution in [0.2, 0.25) is 0 Å². The minimum Gasteiger partial charge on any atom is -0.492 e. The van der Waals surface area contributed by atoms with E-state index in [1.54, 1.807) is 17.0 Å². The number of thiazole rings is 1. The van der Waals surface area contributed by atoms with Crippen molar-refractivity contribution in [2.24, 2.45) is 0 Å². The van der Waals surface area contributed by atoms with Gasteiger partial charge in [0, 0.05) is 13.0 Å². The number of quaternary nitrogens is 1. The molecule has 29 heavy (non-hydrogen) atoms. The highest BCUT2D eigenvalue weighted by Crippen LogP contribution is 2.34. The van der Waals surface area contributed by atoms with Gasteiger partial charge in [0.2, 0.25) is 0 Å². The van der Waals surface area contributed by atoms with Crippen molar-refractivity contribution in [2.45, 2.75) is 13.3 Å². The summed E-state index contributed by atoms with van der Waals surface area (Å²) in [7, 11) is 0. The highest BCUT2D eigenvalue weighted by Gasteiger charge is 2.24. The number of nitrogens with one attached hydrogen (secondary N) is 1. The number of para-hydroxylation sites is 1. The number of amides is 1. The summed E-state index contributed by atoms with van der Waals surface area (Å²) in [5.74, 6) is 0.910. The van der Waals surface area contributed by atoms with Crippen LogP contribution in [0.4, 0.5) is 5.13 Å². The zero-order chi connectivity index (χ0) is 20.1. The Labute approximate surface area is 173 Å². The number of hydrogen-bond donors (Lipinski definition) is 1. The van der Waals surface area contributed by atoms with Crippen LogP contribution in [-0.2, 0) is 4.74 Å². The van der Waals surface area contributed by atoms with E-state index >= 15 is 0 Å². The Morgan fingerprint density at radius 3 is 2.90 bits per heavy atom. The highest BCUT2D eigenvalue weighted by molar-refractivity contribution is 7.22. The quantitative estimate of drug-likeness (QED) is 0.610. The third-order valence-corrected chi connectivity index (χ3v) is 6.03. The van der Waals surface area contributed by atoms with Crippen molar-refractivity contribution in [1.82, 2.24) is 4.98 Å². The van der Waals surface area contributed by atoms with Crippen molar-refractivity contribution in [3.8, 4) is 5.75 Å². The van der Waals surface area contributed by atoms with Crippen molar-refractivity contribution in [1.29, 1.82) is 0 Å². The fraction of sp³-hybridized carbons (Fsp3) is 0.429. The summed E-state index contributed by atoms with van der Waals surface area (Å²) in [5, 5.41) is 0.672. The van der Waals surface area contributed by atoms with Crippen LogP contribution in [0.5, 0.6) is 5.75 Å². The van der Waals surface area contributed by atoms with E-state index in [1.165, 1.54) is 22.5 Å². The predicted molar refractivity (Wildman–Crippen MR) is 112 cm³/mol. The lowest BCUT2D eigenvalue weighted by molar-refractivity contribution is -0.908. The third kappa shape index (κ3) is 4.60. The maximum absolute atomic E-state index is 13.1. The van der Waals surface area contributed by atoms with Gasteiger partial charge in [0.1, 0.15) is 24.4 Å². The minimum atomic E-state index is -0.163. The van der Waals surface area contributed by atoms with Gasteiger partial charge in [-0.25, -0.2) is 4.98 Å². The summed E-state index contributed by atoms with van der Waals surface area (Å²) in [6.45, 7) is 7.77. The second kappa shape index (κ2) is 9.39. The van der Waals surface area contributed by atoms with Crippen LogP contribution >= 0.6 is 11.3 Å². The van der Waals surface area contributed by atoms with Gasteiger partial charge >= 0.3 is 0 Å². The van der Waals surface area contributed by atoms with E-state index in [9.17, 15) is 4.79 Å². The van der Waals surface area contributed by atoms with Gasteiger partial charge in [-0.2, -0.15) is 0 Å². The van der Waals surface area contributed by atoms with E-state index < -0.39 is 0 Å². The first-order chi connectivity index (χ1) is 14.3. The number of carbonyl (C=O) groups is 1. The smallest absolute Gasteiger partial charge is 0.295 e. The molecule has 1 fully saturated rings. The van der Waals surface area contributed by atoms with E-state index in [-0.39, 0.29) is 5.91 Å². The summed E-state index contributed by atoms with van der Waals surface area (Å²) in [5.41, 5.74) is 0.797. The van der Waals surface area contributed by atoms with Crippen LogP contribution in [0.3, 0.4) is 0 Å². The number of hydrogen-bond acceptors (Lipinski definition) is 6. The molecule has 8 heteroatoms. The van der Waals surface area contributed by atoms with Crippen LogP contribution < -0.4 is 14.5 Å². The molecule has 4 rings (SSSR count). The minimum absolute atomic E-state index is 0.163. The number of morpholine rings is 1. The maximum Gasteiger partial charge on any atom is 0.295 e. The number of ether oxygens (including phenoxy) is 2. The molecule has 0 unspecified atom stereocenters. The van der Waals surface area contributed by atoms with E-state index in [4.69, 9.17) is 18.9 Å². The molecule has 0 radical (unpaired) electrons. The number of benzene rings is 1. The van der Waals surface area contributed by atoms with Gasteiger partial charge in [0.15, 0.2) is 10.9 Å². The highest BCUT2D eigenvalue weighted by atomic mass is 32.1. The number of carbonyl (C=O) groups excluding carboxylic acids is 1. The largest absolute Gasteiger partial charge is 0.492 e. The first kappa shape index (κ1) is 19.9. The van der Waals surface area contributed by atoms with Crippen molar-refractivity contribution >= 4 is 32.6 Å². The topological polar surface area (TPSA) is 69.2 Å². The van der Waals surface area contributed by atoms with Gasteiger partial charge in [-0.3, -0.25) is 9.69 Å². The Kier molecular flexibility index (Phi) is 6.43. The van der Waals surface area contributed by atoms with Crippen LogP contribution in [0.25, 0.3) is 10.2 Å². The van der Waals surface area contributed by atoms with Gasteiger partial charge in [-0.05, 0) is 31.2 Å². The number of nitrogens with zero attached hydrogens (tertiary/aromatic N) is 2. The summed E-state index contributed by atoms with van der Waals surface area (Å²) < 4.78 is 17.5. The Hall–Kier alpha value is -2.42. The molecule has 1 aliphatic rings. The molecule has 1 aliphatic heterocycles. The van der Waals surface area contributed by atoms with Crippen molar-refractivity contribution in [3.05, 3.63) is 42.4 Å². The van der Waals surface area contributed by atoms with Gasteiger partial charge in [-0.15, -0.1) is 0 Å². The molecule has 3 aromatic rings. The Morgan fingerprint density at radius 2 is 2.14 bits per heavy atom. The fourth-order valence-corrected chi connectivity index (χ4v) is 4.52. The van der Waals surface area contributed by atoms with Crippen LogP contribution in [0, 0.1) is 0 Å². The third-order valence-electron chi connectivity index (χ3n) is 4.99. The summed E-state index contributed by atoms with van der Waals surface area (Å²) >= 11 is 1.50. The molecule has 1 aromatic carbocycles. The second-order valence-electron chi connectivity index (χ2n) is 6.93. The van der Waals surface area contributed by atoms with E-state index in [2.05, 4.69) is 0 Å². The lowest BCUT2D eigenvalue weighted by Gasteiger charge is -2.25. The molecule has 1 saturated heterocycles. The van der Waals surface area contributed by atoms with E-state index in [0.29, 0.717) is 24.0 Å². The van der Waals surface area contributed by atoms with E-state index in [0.717, 1.165) is 55.2 Å². The lowest BCUT2D eigenvalue weighted by Crippen LogP contribution is -3.14. The summed E-state index contributed by atoms with van der Waals surface area (Å²) in [6.07, 6.45) is 2.41. The summed E-state index contributed by atoms with van der Waals surface area (Å²) in [4.78, 5) is 21.1.